The van der Waals surface area contributed by atoms with Gasteiger partial charge in [-0.3, -0.25) is 14.7 Å². The van der Waals surface area contributed by atoms with Crippen LogP contribution in [-0.2, 0) is 11.3 Å². The van der Waals surface area contributed by atoms with Crippen LogP contribution in [-0.4, -0.2) is 20.4 Å². The Labute approximate surface area is 129 Å². The summed E-state index contributed by atoms with van der Waals surface area (Å²) in [5.74, 6) is 0.478. The van der Waals surface area contributed by atoms with E-state index in [1.165, 1.54) is 0 Å². The van der Waals surface area contributed by atoms with Crippen LogP contribution in [0.1, 0.15) is 39.7 Å². The van der Waals surface area contributed by atoms with Crippen LogP contribution in [0.4, 0.5) is 5.95 Å². The molecule has 0 atom stereocenters. The molecule has 2 aromatic rings. The molecule has 0 spiro atoms. The number of aromatic nitrogens is 3. The van der Waals surface area contributed by atoms with E-state index in [1.807, 2.05) is 45.3 Å². The van der Waals surface area contributed by atoms with Crippen molar-refractivity contribution < 1.29 is 4.79 Å². The van der Waals surface area contributed by atoms with Crippen molar-refractivity contribution in [2.24, 2.45) is 5.41 Å². The number of fused-ring (bicyclic) bond motifs is 1. The molecule has 0 aromatic carbocycles. The molecule has 114 valence electrons. The van der Waals surface area contributed by atoms with Gasteiger partial charge in [-0.1, -0.05) is 32.4 Å². The Morgan fingerprint density at radius 3 is 2.62 bits per heavy atom. The van der Waals surface area contributed by atoms with Gasteiger partial charge in [0.15, 0.2) is 5.65 Å². The summed E-state index contributed by atoms with van der Waals surface area (Å²) in [5.41, 5.74) is 2.24. The van der Waals surface area contributed by atoms with E-state index in [0.29, 0.717) is 29.7 Å². The fourth-order valence-electron chi connectivity index (χ4n) is 2.17. The summed E-state index contributed by atoms with van der Waals surface area (Å²) in [5, 5.41) is 3.34. The second-order valence-corrected chi connectivity index (χ2v) is 6.76. The summed E-state index contributed by atoms with van der Waals surface area (Å²) < 4.78 is 1.86. The molecule has 6 heteroatoms. The summed E-state index contributed by atoms with van der Waals surface area (Å²) in [4.78, 5) is 20.9. The van der Waals surface area contributed by atoms with Crippen LogP contribution in [0.3, 0.4) is 0 Å². The molecule has 0 radical (unpaired) electrons. The van der Waals surface area contributed by atoms with E-state index in [4.69, 9.17) is 11.6 Å². The Kier molecular flexibility index (Phi) is 4.23. The molecule has 0 fully saturated rings. The fourth-order valence-corrected chi connectivity index (χ4v) is 2.30. The van der Waals surface area contributed by atoms with Gasteiger partial charge in [-0.05, 0) is 30.9 Å². The van der Waals surface area contributed by atoms with E-state index < -0.39 is 0 Å². The smallest absolute Gasteiger partial charge is 0.227 e. The molecular formula is C15H21ClN4O. The number of rotatable bonds is 3. The lowest BCUT2D eigenvalue weighted by Gasteiger charge is -2.17. The Bertz CT molecular complexity index is 685. The molecule has 0 saturated carbocycles. The summed E-state index contributed by atoms with van der Waals surface area (Å²) in [6, 6.07) is 1.89. The number of hydrogen-bond donors (Lipinski definition) is 1. The maximum Gasteiger partial charge on any atom is 0.227 e. The maximum atomic E-state index is 12.1. The second-order valence-electron chi connectivity index (χ2n) is 6.40. The van der Waals surface area contributed by atoms with Gasteiger partial charge >= 0.3 is 0 Å². The van der Waals surface area contributed by atoms with E-state index in [0.717, 1.165) is 11.1 Å². The van der Waals surface area contributed by atoms with Crippen LogP contribution in [0.25, 0.3) is 11.2 Å². The lowest BCUT2D eigenvalue weighted by Crippen LogP contribution is -2.21. The average Bonchev–Trinajstić information content (AvgIpc) is 2.63. The Balaban J connectivity index is 2.38. The molecular weight excluding hydrogens is 288 g/mol. The van der Waals surface area contributed by atoms with Crippen LogP contribution >= 0.6 is 11.6 Å². The predicted octanol–water partition coefficient (Wildman–Crippen LogP) is 3.79. The van der Waals surface area contributed by atoms with Gasteiger partial charge in [0, 0.05) is 13.0 Å². The molecule has 21 heavy (non-hydrogen) atoms. The number of hydrogen-bond acceptors (Lipinski definition) is 3. The summed E-state index contributed by atoms with van der Waals surface area (Å²) in [7, 11) is 0. The lowest BCUT2D eigenvalue weighted by molar-refractivity contribution is -0.117. The van der Waals surface area contributed by atoms with E-state index in [-0.39, 0.29) is 11.3 Å². The topological polar surface area (TPSA) is 59.8 Å². The Hall–Kier alpha value is -1.62. The van der Waals surface area contributed by atoms with E-state index >= 15 is 0 Å². The first kappa shape index (κ1) is 15.8. The third-order valence-electron chi connectivity index (χ3n) is 3.11. The van der Waals surface area contributed by atoms with Crippen molar-refractivity contribution in [2.75, 3.05) is 5.32 Å². The number of halogens is 1. The van der Waals surface area contributed by atoms with Crippen LogP contribution in [0.15, 0.2) is 6.07 Å². The predicted molar refractivity (Wildman–Crippen MR) is 85.7 cm³/mol. The van der Waals surface area contributed by atoms with Crippen molar-refractivity contribution in [2.45, 2.75) is 47.6 Å². The first-order valence-corrected chi connectivity index (χ1v) is 7.42. The van der Waals surface area contributed by atoms with Gasteiger partial charge < -0.3 is 0 Å². The third-order valence-corrected chi connectivity index (χ3v) is 3.49. The molecule has 1 amide bonds. The molecule has 2 rings (SSSR count). The first-order valence-electron chi connectivity index (χ1n) is 7.04. The highest BCUT2D eigenvalue weighted by Gasteiger charge is 2.19. The van der Waals surface area contributed by atoms with Gasteiger partial charge in [-0.2, -0.15) is 0 Å². The SMILES string of the molecule is CCn1c(NC(=O)CC(C)(C)C)nc2cc(C)c(Cl)nc21. The standard InChI is InChI=1S/C15H21ClN4O/c1-6-20-13-10(7-9(2)12(16)19-13)17-14(20)18-11(21)8-15(3,4)5/h7H,6,8H2,1-5H3,(H,17,18,21). The number of imidazole rings is 1. The largest absolute Gasteiger partial charge is 0.296 e. The molecule has 2 aromatic heterocycles. The molecule has 0 aliphatic heterocycles. The number of aryl methyl sites for hydroxylation is 2. The number of carbonyl (C=O) groups is 1. The highest BCUT2D eigenvalue weighted by atomic mass is 35.5. The molecule has 0 bridgehead atoms. The van der Waals surface area contributed by atoms with Crippen LogP contribution in [0, 0.1) is 12.3 Å². The Morgan fingerprint density at radius 2 is 2.05 bits per heavy atom. The number of nitrogens with zero attached hydrogens (tertiary/aromatic N) is 3. The van der Waals surface area contributed by atoms with Crippen molar-refractivity contribution in [3.8, 4) is 0 Å². The zero-order valence-electron chi connectivity index (χ0n) is 13.1. The molecule has 0 saturated heterocycles. The van der Waals surface area contributed by atoms with Crippen LogP contribution < -0.4 is 5.32 Å². The minimum Gasteiger partial charge on any atom is -0.296 e. The van der Waals surface area contributed by atoms with Gasteiger partial charge in [0.05, 0.1) is 0 Å². The number of amides is 1. The van der Waals surface area contributed by atoms with Crippen molar-refractivity contribution in [1.29, 1.82) is 0 Å². The summed E-state index contributed by atoms with van der Waals surface area (Å²) >= 11 is 6.08. The monoisotopic (exact) mass is 308 g/mol. The quantitative estimate of drug-likeness (QED) is 0.878. The van der Waals surface area contributed by atoms with E-state index in [1.54, 1.807) is 0 Å². The van der Waals surface area contributed by atoms with Crippen LogP contribution in [0.2, 0.25) is 5.15 Å². The highest BCUT2D eigenvalue weighted by Crippen LogP contribution is 2.24. The lowest BCUT2D eigenvalue weighted by atomic mass is 9.92. The highest BCUT2D eigenvalue weighted by molar-refractivity contribution is 6.30. The zero-order valence-corrected chi connectivity index (χ0v) is 13.9. The van der Waals surface area contributed by atoms with Gasteiger partial charge in [0.25, 0.3) is 0 Å². The van der Waals surface area contributed by atoms with Gasteiger partial charge in [-0.25, -0.2) is 9.97 Å². The zero-order chi connectivity index (χ0) is 15.8. The van der Waals surface area contributed by atoms with Crippen LogP contribution in [0.5, 0.6) is 0 Å². The van der Waals surface area contributed by atoms with Crippen molar-refractivity contribution in [3.05, 3.63) is 16.8 Å². The maximum absolute atomic E-state index is 12.1. The third kappa shape index (κ3) is 3.53. The minimum atomic E-state index is -0.0642. The molecule has 0 aliphatic rings. The van der Waals surface area contributed by atoms with Crippen molar-refractivity contribution in [3.63, 3.8) is 0 Å². The Morgan fingerprint density at radius 1 is 1.38 bits per heavy atom. The first-order chi connectivity index (χ1) is 9.71. The number of carbonyl (C=O) groups excluding carboxylic acids is 1. The van der Waals surface area contributed by atoms with Gasteiger partial charge in [-0.15, -0.1) is 0 Å². The summed E-state index contributed by atoms with van der Waals surface area (Å²) in [6.45, 7) is 10.6. The number of pyridine rings is 1. The van der Waals surface area contributed by atoms with E-state index in [2.05, 4.69) is 15.3 Å². The van der Waals surface area contributed by atoms with Crippen molar-refractivity contribution in [1.82, 2.24) is 14.5 Å². The number of anilines is 1. The molecule has 5 nitrogen and oxygen atoms in total. The van der Waals surface area contributed by atoms with E-state index in [9.17, 15) is 4.79 Å². The number of nitrogens with one attached hydrogen (secondary N) is 1. The van der Waals surface area contributed by atoms with Crippen molar-refractivity contribution >= 4 is 34.6 Å². The summed E-state index contributed by atoms with van der Waals surface area (Å²) in [6.07, 6.45) is 0.438. The molecule has 0 aliphatic carbocycles. The second kappa shape index (κ2) is 5.64. The molecule has 0 unspecified atom stereocenters. The molecule has 1 N–H and O–H groups in total. The molecule has 2 heterocycles. The minimum absolute atomic E-state index is 0.0460. The van der Waals surface area contributed by atoms with Gasteiger partial charge in [0.2, 0.25) is 11.9 Å². The fraction of sp³-hybridized carbons (Fsp3) is 0.533. The average molecular weight is 309 g/mol. The normalized spacial score (nSPS) is 11.9. The van der Waals surface area contributed by atoms with Gasteiger partial charge in [0.1, 0.15) is 10.7 Å².